The van der Waals surface area contributed by atoms with Crippen LogP contribution >= 0.6 is 0 Å². The fourth-order valence-electron chi connectivity index (χ4n) is 1.41. The Balaban J connectivity index is 2.24. The lowest BCUT2D eigenvalue weighted by atomic mass is 10.4. The van der Waals surface area contributed by atoms with Gasteiger partial charge in [-0.1, -0.05) is 0 Å². The molecule has 5 nitrogen and oxygen atoms in total. The SMILES string of the molecule is CC(C)N1C=CN(CCCS(=O)(=O)O)C1. The lowest BCUT2D eigenvalue weighted by molar-refractivity contribution is 0.231. The monoisotopic (exact) mass is 234 g/mol. The minimum atomic E-state index is -3.81. The van der Waals surface area contributed by atoms with Gasteiger partial charge in [-0.2, -0.15) is 8.42 Å². The van der Waals surface area contributed by atoms with E-state index in [4.69, 9.17) is 4.55 Å². The van der Waals surface area contributed by atoms with E-state index in [1.807, 2.05) is 17.3 Å². The topological polar surface area (TPSA) is 60.9 Å². The molecule has 88 valence electrons. The zero-order chi connectivity index (χ0) is 11.5. The number of nitrogens with zero attached hydrogens (tertiary/aromatic N) is 2. The molecule has 15 heavy (non-hydrogen) atoms. The van der Waals surface area contributed by atoms with Crippen LogP contribution in [0.4, 0.5) is 0 Å². The molecule has 0 radical (unpaired) electrons. The van der Waals surface area contributed by atoms with Gasteiger partial charge in [0.05, 0.1) is 12.4 Å². The highest BCUT2D eigenvalue weighted by Crippen LogP contribution is 2.10. The van der Waals surface area contributed by atoms with Gasteiger partial charge >= 0.3 is 0 Å². The number of hydrogen-bond donors (Lipinski definition) is 1. The van der Waals surface area contributed by atoms with Gasteiger partial charge in [-0.05, 0) is 20.3 Å². The highest BCUT2D eigenvalue weighted by molar-refractivity contribution is 7.85. The van der Waals surface area contributed by atoms with Crippen LogP contribution in [0.5, 0.6) is 0 Å². The van der Waals surface area contributed by atoms with Crippen molar-refractivity contribution in [2.75, 3.05) is 19.0 Å². The number of rotatable bonds is 5. The van der Waals surface area contributed by atoms with Gasteiger partial charge in [-0.25, -0.2) is 0 Å². The van der Waals surface area contributed by atoms with E-state index >= 15 is 0 Å². The van der Waals surface area contributed by atoms with Crippen molar-refractivity contribution >= 4 is 10.1 Å². The summed E-state index contributed by atoms with van der Waals surface area (Å²) in [5.74, 6) is -0.168. The van der Waals surface area contributed by atoms with Crippen molar-refractivity contribution in [3.63, 3.8) is 0 Å². The Kier molecular flexibility index (Phi) is 3.98. The van der Waals surface area contributed by atoms with E-state index < -0.39 is 10.1 Å². The molecule has 1 rings (SSSR count). The summed E-state index contributed by atoms with van der Waals surface area (Å²) in [5, 5.41) is 0. The fraction of sp³-hybridized carbons (Fsp3) is 0.778. The van der Waals surface area contributed by atoms with Crippen LogP contribution in [0.25, 0.3) is 0 Å². The molecule has 0 aromatic heterocycles. The van der Waals surface area contributed by atoms with E-state index in [1.165, 1.54) is 0 Å². The minimum absolute atomic E-state index is 0.168. The van der Waals surface area contributed by atoms with E-state index in [1.54, 1.807) is 0 Å². The summed E-state index contributed by atoms with van der Waals surface area (Å²) >= 11 is 0. The van der Waals surface area contributed by atoms with Crippen LogP contribution in [-0.2, 0) is 10.1 Å². The van der Waals surface area contributed by atoms with E-state index in [0.717, 1.165) is 6.67 Å². The Morgan fingerprint density at radius 2 is 2.07 bits per heavy atom. The van der Waals surface area contributed by atoms with Crippen molar-refractivity contribution < 1.29 is 13.0 Å². The molecule has 1 heterocycles. The average Bonchev–Trinajstić information content (AvgIpc) is 2.50. The lowest BCUT2D eigenvalue weighted by Crippen LogP contribution is -2.31. The standard InChI is InChI=1S/C9H18N2O3S/c1-9(2)11-6-5-10(8-11)4-3-7-15(12,13)14/h5-6,9H,3-4,7-8H2,1-2H3,(H,12,13,14). The van der Waals surface area contributed by atoms with Crippen molar-refractivity contribution in [2.24, 2.45) is 0 Å². The van der Waals surface area contributed by atoms with Crippen LogP contribution in [0.2, 0.25) is 0 Å². The van der Waals surface area contributed by atoms with Gasteiger partial charge in [0.2, 0.25) is 0 Å². The highest BCUT2D eigenvalue weighted by atomic mass is 32.2. The maximum Gasteiger partial charge on any atom is 0.264 e. The number of hydrogen-bond acceptors (Lipinski definition) is 4. The minimum Gasteiger partial charge on any atom is -0.359 e. The van der Waals surface area contributed by atoms with E-state index in [-0.39, 0.29) is 5.75 Å². The molecule has 0 fully saturated rings. The van der Waals surface area contributed by atoms with Crippen LogP contribution < -0.4 is 0 Å². The molecule has 0 bridgehead atoms. The Morgan fingerprint density at radius 3 is 2.53 bits per heavy atom. The molecule has 0 spiro atoms. The van der Waals surface area contributed by atoms with Crippen molar-refractivity contribution in [3.8, 4) is 0 Å². The Hall–Kier alpha value is -0.750. The second-order valence-corrected chi connectivity index (χ2v) is 5.57. The Bertz CT molecular complexity index is 324. The molecule has 0 unspecified atom stereocenters. The summed E-state index contributed by atoms with van der Waals surface area (Å²) in [5.41, 5.74) is 0. The van der Waals surface area contributed by atoms with E-state index in [0.29, 0.717) is 19.0 Å². The first-order valence-electron chi connectivity index (χ1n) is 5.02. The van der Waals surface area contributed by atoms with Gasteiger partial charge in [0.15, 0.2) is 0 Å². The third-order valence-electron chi connectivity index (χ3n) is 2.32. The van der Waals surface area contributed by atoms with Crippen molar-refractivity contribution in [3.05, 3.63) is 12.4 Å². The van der Waals surface area contributed by atoms with Crippen LogP contribution in [0.15, 0.2) is 12.4 Å². The molecular weight excluding hydrogens is 216 g/mol. The molecule has 0 amide bonds. The summed E-state index contributed by atoms with van der Waals surface area (Å²) in [6.45, 7) is 5.65. The molecule has 1 N–H and O–H groups in total. The summed E-state index contributed by atoms with van der Waals surface area (Å²) < 4.78 is 29.5. The van der Waals surface area contributed by atoms with Crippen LogP contribution in [0.3, 0.4) is 0 Å². The van der Waals surface area contributed by atoms with Gasteiger partial charge in [0, 0.05) is 25.0 Å². The summed E-state index contributed by atoms with van der Waals surface area (Å²) in [6, 6.07) is 0.452. The molecule has 0 aromatic carbocycles. The first-order valence-corrected chi connectivity index (χ1v) is 6.63. The summed E-state index contributed by atoms with van der Waals surface area (Å²) in [6.07, 6.45) is 4.40. The first kappa shape index (κ1) is 12.3. The zero-order valence-corrected chi connectivity index (χ0v) is 9.94. The molecule has 0 atom stereocenters. The maximum absolute atomic E-state index is 10.5. The van der Waals surface area contributed by atoms with Crippen molar-refractivity contribution in [2.45, 2.75) is 26.3 Å². The lowest BCUT2D eigenvalue weighted by Gasteiger charge is -2.24. The zero-order valence-electron chi connectivity index (χ0n) is 9.13. The molecule has 0 saturated carbocycles. The van der Waals surface area contributed by atoms with Gasteiger partial charge in [-0.15, -0.1) is 0 Å². The Morgan fingerprint density at radius 1 is 1.40 bits per heavy atom. The van der Waals surface area contributed by atoms with E-state index in [2.05, 4.69) is 18.7 Å². The third kappa shape index (κ3) is 4.53. The normalized spacial score (nSPS) is 16.8. The second kappa shape index (κ2) is 4.85. The third-order valence-corrected chi connectivity index (χ3v) is 3.13. The molecule has 6 heteroatoms. The van der Waals surface area contributed by atoms with Gasteiger partial charge < -0.3 is 9.80 Å². The Labute approximate surface area is 91.1 Å². The molecule has 1 aliphatic heterocycles. The molecule has 1 aliphatic rings. The van der Waals surface area contributed by atoms with Crippen LogP contribution in [0.1, 0.15) is 20.3 Å². The summed E-state index contributed by atoms with van der Waals surface area (Å²) in [7, 11) is -3.81. The molecule has 0 aromatic rings. The average molecular weight is 234 g/mol. The molecular formula is C9H18N2O3S. The van der Waals surface area contributed by atoms with Gasteiger partial charge in [-0.3, -0.25) is 4.55 Å². The van der Waals surface area contributed by atoms with Gasteiger partial charge in [0.25, 0.3) is 10.1 Å². The smallest absolute Gasteiger partial charge is 0.264 e. The first-order chi connectivity index (χ1) is 6.88. The second-order valence-electron chi connectivity index (χ2n) is 4.00. The molecule has 0 saturated heterocycles. The predicted molar refractivity (Wildman–Crippen MR) is 58.7 cm³/mol. The van der Waals surface area contributed by atoms with Crippen molar-refractivity contribution in [1.29, 1.82) is 0 Å². The quantitative estimate of drug-likeness (QED) is 0.710. The summed E-state index contributed by atoms with van der Waals surface area (Å²) in [4.78, 5) is 4.19. The molecule has 0 aliphatic carbocycles. The van der Waals surface area contributed by atoms with E-state index in [9.17, 15) is 8.42 Å². The van der Waals surface area contributed by atoms with Crippen LogP contribution in [0, 0.1) is 0 Å². The van der Waals surface area contributed by atoms with Crippen molar-refractivity contribution in [1.82, 2.24) is 9.80 Å². The van der Waals surface area contributed by atoms with Crippen LogP contribution in [-0.4, -0.2) is 47.8 Å². The highest BCUT2D eigenvalue weighted by Gasteiger charge is 2.14. The largest absolute Gasteiger partial charge is 0.359 e. The van der Waals surface area contributed by atoms with Gasteiger partial charge in [0.1, 0.15) is 0 Å². The maximum atomic E-state index is 10.5. The fourth-order valence-corrected chi connectivity index (χ4v) is 1.91. The predicted octanol–water partition coefficient (Wildman–Crippen LogP) is 0.719.